The molecule has 1 unspecified atom stereocenters. The van der Waals surface area contributed by atoms with E-state index in [2.05, 4.69) is 15.4 Å². The Balaban J connectivity index is 1.36. The van der Waals surface area contributed by atoms with E-state index in [0.717, 1.165) is 17.0 Å². The lowest BCUT2D eigenvalue weighted by Crippen LogP contribution is -2.24. The van der Waals surface area contributed by atoms with Crippen LogP contribution in [0.5, 0.6) is 5.75 Å². The Morgan fingerprint density at radius 2 is 2.08 bits per heavy atom. The van der Waals surface area contributed by atoms with E-state index in [9.17, 15) is 4.79 Å². The van der Waals surface area contributed by atoms with Crippen molar-refractivity contribution in [2.45, 2.75) is 25.6 Å². The lowest BCUT2D eigenvalue weighted by Gasteiger charge is -2.12. The van der Waals surface area contributed by atoms with Crippen LogP contribution in [0.2, 0.25) is 5.02 Å². The molecular formula is C19H17ClN4O2. The maximum Gasteiger partial charge on any atom is 0.272 e. The molecular weight excluding hydrogens is 352 g/mol. The molecule has 0 radical (unpaired) electrons. The number of carbonyl (C=O) groups is 1. The lowest BCUT2D eigenvalue weighted by atomic mass is 10.2. The van der Waals surface area contributed by atoms with Gasteiger partial charge in [0.1, 0.15) is 17.5 Å². The summed E-state index contributed by atoms with van der Waals surface area (Å²) in [6.45, 7) is 0.990. The number of nitrogens with one attached hydrogen (secondary N) is 1. The minimum Gasteiger partial charge on any atom is -0.488 e. The van der Waals surface area contributed by atoms with E-state index in [4.69, 9.17) is 16.3 Å². The van der Waals surface area contributed by atoms with Crippen LogP contribution in [0.1, 0.15) is 21.7 Å². The van der Waals surface area contributed by atoms with Crippen molar-refractivity contribution in [1.29, 1.82) is 0 Å². The van der Waals surface area contributed by atoms with Crippen LogP contribution in [0.15, 0.2) is 54.9 Å². The topological polar surface area (TPSA) is 69.0 Å². The van der Waals surface area contributed by atoms with Gasteiger partial charge in [0, 0.05) is 36.1 Å². The van der Waals surface area contributed by atoms with Gasteiger partial charge in [-0.3, -0.25) is 14.5 Å². The van der Waals surface area contributed by atoms with E-state index in [0.29, 0.717) is 30.2 Å². The third kappa shape index (κ3) is 3.55. The number of ether oxygens (including phenoxy) is 1. The SMILES string of the molecule is O=C(NCc1ccccc1Cl)c1cc2n(n1)CC(Oc1ccncc1)C2. The number of nitrogens with zero attached hydrogens (tertiary/aromatic N) is 3. The highest BCUT2D eigenvalue weighted by Gasteiger charge is 2.26. The van der Waals surface area contributed by atoms with Crippen LogP contribution in [0, 0.1) is 0 Å². The predicted octanol–water partition coefficient (Wildman–Crippen LogP) is 2.87. The van der Waals surface area contributed by atoms with Gasteiger partial charge in [-0.15, -0.1) is 0 Å². The fourth-order valence-electron chi connectivity index (χ4n) is 2.98. The molecule has 3 aromatic rings. The van der Waals surface area contributed by atoms with E-state index in [1.807, 2.05) is 41.1 Å². The van der Waals surface area contributed by atoms with Crippen molar-refractivity contribution in [3.63, 3.8) is 0 Å². The first-order chi connectivity index (χ1) is 12.7. The first kappa shape index (κ1) is 16.6. The quantitative estimate of drug-likeness (QED) is 0.751. The highest BCUT2D eigenvalue weighted by Crippen LogP contribution is 2.21. The molecule has 0 fully saturated rings. The average Bonchev–Trinajstić information content (AvgIpc) is 3.20. The Labute approximate surface area is 155 Å². The normalized spacial score (nSPS) is 15.5. The minimum atomic E-state index is -0.210. The molecule has 1 aliphatic heterocycles. The second kappa shape index (κ2) is 7.17. The highest BCUT2D eigenvalue weighted by atomic mass is 35.5. The molecule has 0 saturated carbocycles. The smallest absolute Gasteiger partial charge is 0.272 e. The second-order valence-corrected chi connectivity index (χ2v) is 6.51. The zero-order valence-corrected chi connectivity index (χ0v) is 14.7. The Morgan fingerprint density at radius 1 is 1.27 bits per heavy atom. The van der Waals surface area contributed by atoms with Crippen molar-refractivity contribution in [2.24, 2.45) is 0 Å². The van der Waals surface area contributed by atoms with Crippen LogP contribution in [0.3, 0.4) is 0 Å². The van der Waals surface area contributed by atoms with Crippen LogP contribution in [0.25, 0.3) is 0 Å². The van der Waals surface area contributed by atoms with Gasteiger partial charge >= 0.3 is 0 Å². The summed E-state index contributed by atoms with van der Waals surface area (Å²) in [5.74, 6) is 0.576. The summed E-state index contributed by atoms with van der Waals surface area (Å²) < 4.78 is 7.75. The van der Waals surface area contributed by atoms with Gasteiger partial charge in [-0.1, -0.05) is 29.8 Å². The number of amides is 1. The first-order valence-electron chi connectivity index (χ1n) is 8.34. The summed E-state index contributed by atoms with van der Waals surface area (Å²) in [4.78, 5) is 16.3. The molecule has 26 heavy (non-hydrogen) atoms. The van der Waals surface area contributed by atoms with Crippen LogP contribution < -0.4 is 10.1 Å². The second-order valence-electron chi connectivity index (χ2n) is 6.10. The molecule has 0 saturated heterocycles. The lowest BCUT2D eigenvalue weighted by molar-refractivity contribution is 0.0944. The predicted molar refractivity (Wildman–Crippen MR) is 97.2 cm³/mol. The molecule has 0 bridgehead atoms. The molecule has 1 amide bonds. The molecule has 1 N–H and O–H groups in total. The minimum absolute atomic E-state index is 0.0140. The van der Waals surface area contributed by atoms with E-state index >= 15 is 0 Å². The number of halogens is 1. The number of fused-ring (bicyclic) bond motifs is 1. The van der Waals surface area contributed by atoms with Gasteiger partial charge in [-0.25, -0.2) is 0 Å². The van der Waals surface area contributed by atoms with Gasteiger partial charge in [0.15, 0.2) is 0 Å². The average molecular weight is 369 g/mol. The fourth-order valence-corrected chi connectivity index (χ4v) is 3.18. The molecule has 132 valence electrons. The third-order valence-electron chi connectivity index (χ3n) is 4.26. The van der Waals surface area contributed by atoms with E-state index in [1.54, 1.807) is 18.5 Å². The van der Waals surface area contributed by atoms with E-state index in [-0.39, 0.29) is 12.0 Å². The molecule has 1 aromatic carbocycles. The molecule has 0 spiro atoms. The number of aromatic nitrogens is 3. The van der Waals surface area contributed by atoms with Crippen molar-refractivity contribution >= 4 is 17.5 Å². The largest absolute Gasteiger partial charge is 0.488 e. The van der Waals surface area contributed by atoms with Gasteiger partial charge < -0.3 is 10.1 Å². The zero-order chi connectivity index (χ0) is 17.9. The van der Waals surface area contributed by atoms with Crippen molar-refractivity contribution in [2.75, 3.05) is 0 Å². The molecule has 6 nitrogen and oxygen atoms in total. The van der Waals surface area contributed by atoms with Crippen LogP contribution in [-0.2, 0) is 19.5 Å². The third-order valence-corrected chi connectivity index (χ3v) is 4.63. The van der Waals surface area contributed by atoms with Gasteiger partial charge in [-0.05, 0) is 29.8 Å². The Hall–Kier alpha value is -2.86. The number of pyridine rings is 1. The fraction of sp³-hybridized carbons (Fsp3) is 0.211. The Bertz CT molecular complexity index is 903. The van der Waals surface area contributed by atoms with Crippen molar-refractivity contribution in [3.05, 3.63) is 76.8 Å². The summed E-state index contributed by atoms with van der Waals surface area (Å²) in [5, 5.41) is 7.89. The van der Waals surface area contributed by atoms with Crippen LogP contribution >= 0.6 is 11.6 Å². The molecule has 1 atom stereocenters. The van der Waals surface area contributed by atoms with Gasteiger partial charge in [0.2, 0.25) is 0 Å². The van der Waals surface area contributed by atoms with Crippen molar-refractivity contribution in [1.82, 2.24) is 20.1 Å². The van der Waals surface area contributed by atoms with Crippen LogP contribution in [0.4, 0.5) is 0 Å². The summed E-state index contributed by atoms with van der Waals surface area (Å²) >= 11 is 6.11. The van der Waals surface area contributed by atoms with Crippen molar-refractivity contribution < 1.29 is 9.53 Å². The molecule has 3 heterocycles. The summed E-state index contributed by atoms with van der Waals surface area (Å²) in [5.41, 5.74) is 2.28. The van der Waals surface area contributed by atoms with Crippen molar-refractivity contribution in [3.8, 4) is 5.75 Å². The molecule has 1 aliphatic rings. The van der Waals surface area contributed by atoms with E-state index in [1.165, 1.54) is 0 Å². The number of hydrogen-bond acceptors (Lipinski definition) is 4. The monoisotopic (exact) mass is 368 g/mol. The number of rotatable bonds is 5. The molecule has 2 aromatic heterocycles. The molecule has 0 aliphatic carbocycles. The Morgan fingerprint density at radius 3 is 2.85 bits per heavy atom. The first-order valence-corrected chi connectivity index (χ1v) is 8.72. The molecule has 4 rings (SSSR count). The zero-order valence-electron chi connectivity index (χ0n) is 13.9. The number of carbonyl (C=O) groups excluding carboxylic acids is 1. The summed E-state index contributed by atoms with van der Waals surface area (Å²) in [6.07, 6.45) is 4.13. The Kier molecular flexibility index (Phi) is 4.58. The van der Waals surface area contributed by atoms with Crippen LogP contribution in [-0.4, -0.2) is 26.8 Å². The standard InChI is InChI=1S/C19H17ClN4O2/c20-17-4-2-1-3-13(17)11-22-19(25)18-10-14-9-16(12-24(14)23-18)26-15-5-7-21-8-6-15/h1-8,10,16H,9,11-12H2,(H,22,25). The summed E-state index contributed by atoms with van der Waals surface area (Å²) in [7, 11) is 0. The highest BCUT2D eigenvalue weighted by molar-refractivity contribution is 6.31. The summed E-state index contributed by atoms with van der Waals surface area (Å²) in [6, 6.07) is 12.9. The van der Waals surface area contributed by atoms with E-state index < -0.39 is 0 Å². The van der Waals surface area contributed by atoms with Gasteiger partial charge in [0.05, 0.1) is 6.54 Å². The molecule has 7 heteroatoms. The number of benzene rings is 1. The maximum atomic E-state index is 12.3. The number of hydrogen-bond donors (Lipinski definition) is 1. The van der Waals surface area contributed by atoms with Gasteiger partial charge in [-0.2, -0.15) is 5.10 Å². The maximum absolute atomic E-state index is 12.3. The van der Waals surface area contributed by atoms with Gasteiger partial charge in [0.25, 0.3) is 5.91 Å².